The Labute approximate surface area is 102 Å². The van der Waals surface area contributed by atoms with E-state index in [0.717, 1.165) is 16.3 Å². The largest absolute Gasteiger partial charge is 0.377 e. The van der Waals surface area contributed by atoms with Crippen molar-refractivity contribution in [2.45, 2.75) is 19.4 Å². The van der Waals surface area contributed by atoms with E-state index in [0.29, 0.717) is 19.6 Å². The number of imidazole rings is 1. The van der Waals surface area contributed by atoms with E-state index in [-0.39, 0.29) is 11.9 Å². The first kappa shape index (κ1) is 10.7. The minimum Gasteiger partial charge on any atom is -0.377 e. The average molecular weight is 251 g/mol. The van der Waals surface area contributed by atoms with Gasteiger partial charge in [-0.3, -0.25) is 9.20 Å². The number of rotatable bonds is 3. The molecule has 5 nitrogen and oxygen atoms in total. The van der Waals surface area contributed by atoms with Crippen molar-refractivity contribution >= 4 is 22.2 Å². The summed E-state index contributed by atoms with van der Waals surface area (Å²) in [5, 5.41) is 4.92. The summed E-state index contributed by atoms with van der Waals surface area (Å²) in [5.74, 6) is 0.0457. The molecule has 3 rings (SSSR count). The lowest BCUT2D eigenvalue weighted by Crippen LogP contribution is -2.49. The second-order valence-corrected chi connectivity index (χ2v) is 5.08. The van der Waals surface area contributed by atoms with Gasteiger partial charge in [0.2, 0.25) is 5.91 Å². The standard InChI is InChI=1S/C11H13N3O2S/c1-7-3-14-9(6-17-11(14)12-7)2-10(15)13-8-4-16-5-8/h3,6,8H,2,4-5H2,1H3,(H,13,15). The zero-order chi connectivity index (χ0) is 11.8. The monoisotopic (exact) mass is 251 g/mol. The van der Waals surface area contributed by atoms with E-state index in [4.69, 9.17) is 4.74 Å². The molecule has 0 atom stereocenters. The Kier molecular flexibility index (Phi) is 2.60. The Morgan fingerprint density at radius 3 is 3.24 bits per heavy atom. The Hall–Kier alpha value is -1.40. The van der Waals surface area contributed by atoms with Gasteiger partial charge in [0, 0.05) is 17.3 Å². The summed E-state index contributed by atoms with van der Waals surface area (Å²) >= 11 is 1.56. The molecule has 0 unspecified atom stereocenters. The third kappa shape index (κ3) is 2.05. The molecule has 2 aromatic heterocycles. The first-order valence-electron chi connectivity index (χ1n) is 5.51. The number of hydrogen-bond acceptors (Lipinski definition) is 4. The minimum atomic E-state index is 0.0457. The van der Waals surface area contributed by atoms with Crippen LogP contribution in [0.5, 0.6) is 0 Å². The van der Waals surface area contributed by atoms with E-state index in [1.165, 1.54) is 0 Å². The third-order valence-electron chi connectivity index (χ3n) is 2.75. The van der Waals surface area contributed by atoms with Crippen LogP contribution in [-0.2, 0) is 16.0 Å². The van der Waals surface area contributed by atoms with E-state index in [9.17, 15) is 4.79 Å². The van der Waals surface area contributed by atoms with E-state index in [2.05, 4.69) is 10.3 Å². The number of fused-ring (bicyclic) bond motifs is 1. The summed E-state index contributed by atoms with van der Waals surface area (Å²) < 4.78 is 7.00. The molecule has 90 valence electrons. The SMILES string of the molecule is Cc1cn2c(CC(=O)NC3COC3)csc2n1. The van der Waals surface area contributed by atoms with Crippen LogP contribution in [0.3, 0.4) is 0 Å². The van der Waals surface area contributed by atoms with E-state index in [1.807, 2.05) is 22.9 Å². The molecule has 0 bridgehead atoms. The number of carbonyl (C=O) groups excluding carboxylic acids is 1. The van der Waals surface area contributed by atoms with Crippen molar-refractivity contribution in [3.05, 3.63) is 23.0 Å². The van der Waals surface area contributed by atoms with Crippen LogP contribution in [0.2, 0.25) is 0 Å². The van der Waals surface area contributed by atoms with Crippen LogP contribution < -0.4 is 5.32 Å². The predicted octanol–water partition coefficient (Wildman–Crippen LogP) is 0.762. The molecule has 1 saturated heterocycles. The van der Waals surface area contributed by atoms with Gasteiger partial charge in [-0.05, 0) is 6.92 Å². The summed E-state index contributed by atoms with van der Waals surface area (Å²) in [5.41, 5.74) is 1.97. The van der Waals surface area contributed by atoms with Gasteiger partial charge in [-0.2, -0.15) is 0 Å². The lowest BCUT2D eigenvalue weighted by atomic mass is 10.2. The van der Waals surface area contributed by atoms with Crippen LogP contribution in [0.25, 0.3) is 4.96 Å². The van der Waals surface area contributed by atoms with Crippen LogP contribution in [0.1, 0.15) is 11.4 Å². The first-order chi connectivity index (χ1) is 8.22. The van der Waals surface area contributed by atoms with Gasteiger partial charge in [-0.15, -0.1) is 11.3 Å². The number of amides is 1. The lowest BCUT2D eigenvalue weighted by molar-refractivity contribution is -0.124. The fourth-order valence-corrected chi connectivity index (χ4v) is 2.75. The van der Waals surface area contributed by atoms with Crippen LogP contribution in [-0.4, -0.2) is 34.5 Å². The number of aryl methyl sites for hydroxylation is 1. The molecule has 0 aromatic carbocycles. The molecular formula is C11H13N3O2S. The van der Waals surface area contributed by atoms with Crippen LogP contribution in [0, 0.1) is 6.92 Å². The Balaban J connectivity index is 1.72. The molecule has 6 heteroatoms. The van der Waals surface area contributed by atoms with Crippen molar-refractivity contribution in [1.82, 2.24) is 14.7 Å². The van der Waals surface area contributed by atoms with Gasteiger partial charge in [0.15, 0.2) is 4.96 Å². The maximum Gasteiger partial charge on any atom is 0.226 e. The quantitative estimate of drug-likeness (QED) is 0.876. The van der Waals surface area contributed by atoms with Gasteiger partial charge in [0.05, 0.1) is 31.4 Å². The maximum atomic E-state index is 11.8. The van der Waals surface area contributed by atoms with Crippen molar-refractivity contribution in [1.29, 1.82) is 0 Å². The molecule has 0 saturated carbocycles. The molecule has 17 heavy (non-hydrogen) atoms. The number of ether oxygens (including phenoxy) is 1. The van der Waals surface area contributed by atoms with Crippen molar-refractivity contribution in [3.8, 4) is 0 Å². The van der Waals surface area contributed by atoms with E-state index in [1.54, 1.807) is 11.3 Å². The summed E-state index contributed by atoms with van der Waals surface area (Å²) in [6.45, 7) is 3.22. The number of aromatic nitrogens is 2. The summed E-state index contributed by atoms with van der Waals surface area (Å²) in [7, 11) is 0. The summed E-state index contributed by atoms with van der Waals surface area (Å²) in [6.07, 6.45) is 2.35. The topological polar surface area (TPSA) is 55.6 Å². The normalized spacial score (nSPS) is 16.1. The molecule has 1 aliphatic rings. The molecule has 1 amide bonds. The zero-order valence-corrected chi connectivity index (χ0v) is 10.3. The molecule has 0 aliphatic carbocycles. The van der Waals surface area contributed by atoms with E-state index < -0.39 is 0 Å². The highest BCUT2D eigenvalue weighted by atomic mass is 32.1. The molecule has 1 aliphatic heterocycles. The van der Waals surface area contributed by atoms with Gasteiger partial charge >= 0.3 is 0 Å². The smallest absolute Gasteiger partial charge is 0.226 e. The Bertz CT molecular complexity index is 556. The molecule has 0 spiro atoms. The highest BCUT2D eigenvalue weighted by molar-refractivity contribution is 7.15. The predicted molar refractivity (Wildman–Crippen MR) is 64.3 cm³/mol. The van der Waals surface area contributed by atoms with Crippen LogP contribution in [0.15, 0.2) is 11.6 Å². The fraction of sp³-hybridized carbons (Fsp3) is 0.455. The Morgan fingerprint density at radius 1 is 1.71 bits per heavy atom. The molecule has 0 radical (unpaired) electrons. The summed E-state index contributed by atoms with van der Waals surface area (Å²) in [6, 6.07) is 0.196. The molecule has 3 heterocycles. The van der Waals surface area contributed by atoms with Crippen molar-refractivity contribution in [2.75, 3.05) is 13.2 Å². The van der Waals surface area contributed by atoms with Crippen LogP contribution >= 0.6 is 11.3 Å². The second kappa shape index (κ2) is 4.12. The van der Waals surface area contributed by atoms with Gasteiger partial charge < -0.3 is 10.1 Å². The zero-order valence-electron chi connectivity index (χ0n) is 9.47. The fourth-order valence-electron chi connectivity index (χ4n) is 1.83. The Morgan fingerprint density at radius 2 is 2.53 bits per heavy atom. The van der Waals surface area contributed by atoms with Crippen LogP contribution in [0.4, 0.5) is 0 Å². The number of carbonyl (C=O) groups is 1. The average Bonchev–Trinajstić information content (AvgIpc) is 2.73. The number of thiazole rings is 1. The second-order valence-electron chi connectivity index (χ2n) is 4.24. The van der Waals surface area contributed by atoms with Gasteiger partial charge in [-0.25, -0.2) is 4.98 Å². The lowest BCUT2D eigenvalue weighted by Gasteiger charge is -2.26. The molecular weight excluding hydrogens is 238 g/mol. The van der Waals surface area contributed by atoms with Crippen molar-refractivity contribution < 1.29 is 9.53 Å². The van der Waals surface area contributed by atoms with Gasteiger partial charge in [0.1, 0.15) is 0 Å². The van der Waals surface area contributed by atoms with E-state index >= 15 is 0 Å². The minimum absolute atomic E-state index is 0.0457. The molecule has 2 aromatic rings. The highest BCUT2D eigenvalue weighted by Crippen LogP contribution is 2.17. The molecule has 1 N–H and O–H groups in total. The first-order valence-corrected chi connectivity index (χ1v) is 6.39. The number of nitrogens with one attached hydrogen (secondary N) is 1. The van der Waals surface area contributed by atoms with Gasteiger partial charge in [-0.1, -0.05) is 0 Å². The maximum absolute atomic E-state index is 11.8. The molecule has 1 fully saturated rings. The van der Waals surface area contributed by atoms with Gasteiger partial charge in [0.25, 0.3) is 0 Å². The third-order valence-corrected chi connectivity index (χ3v) is 3.64. The number of nitrogens with zero attached hydrogens (tertiary/aromatic N) is 2. The highest BCUT2D eigenvalue weighted by Gasteiger charge is 2.21. The van der Waals surface area contributed by atoms with Crippen molar-refractivity contribution in [3.63, 3.8) is 0 Å². The van der Waals surface area contributed by atoms with Crippen molar-refractivity contribution in [2.24, 2.45) is 0 Å². The summed E-state index contributed by atoms with van der Waals surface area (Å²) in [4.78, 5) is 17.1. The number of hydrogen-bond donors (Lipinski definition) is 1.